The smallest absolute Gasteiger partial charge is 0.0540 e. The van der Waals surface area contributed by atoms with Crippen LogP contribution in [0.5, 0.6) is 0 Å². The third-order valence-corrected chi connectivity index (χ3v) is 3.85. The van der Waals surface area contributed by atoms with Gasteiger partial charge < -0.3 is 5.32 Å². The molecule has 0 amide bonds. The van der Waals surface area contributed by atoms with Crippen LogP contribution in [0, 0.1) is 0 Å². The van der Waals surface area contributed by atoms with Crippen molar-refractivity contribution in [2.24, 2.45) is 0 Å². The summed E-state index contributed by atoms with van der Waals surface area (Å²) >= 11 is 5.39. The maximum Gasteiger partial charge on any atom is 0.0540 e. The van der Waals surface area contributed by atoms with Crippen LogP contribution in [0.25, 0.3) is 0 Å². The van der Waals surface area contributed by atoms with Gasteiger partial charge in [0.05, 0.1) is 11.9 Å². The molecule has 0 bridgehead atoms. The van der Waals surface area contributed by atoms with Gasteiger partial charge in [-0.3, -0.25) is 4.98 Å². The molecule has 0 aromatic carbocycles. The molecule has 1 aromatic heterocycles. The summed E-state index contributed by atoms with van der Waals surface area (Å²) in [6.45, 7) is 8.92. The highest BCUT2D eigenvalue weighted by molar-refractivity contribution is 9.10. The molecule has 1 unspecified atom stereocenters. The summed E-state index contributed by atoms with van der Waals surface area (Å²) in [5.41, 5.74) is 1.07. The molecule has 1 atom stereocenters. The summed E-state index contributed by atoms with van der Waals surface area (Å²) < 4.78 is 1.33. The number of nitrogens with one attached hydrogen (secondary N) is 1. The minimum Gasteiger partial charge on any atom is -0.380 e. The maximum atomic E-state index is 4.13. The van der Waals surface area contributed by atoms with E-state index >= 15 is 0 Å². The zero-order valence-electron chi connectivity index (χ0n) is 10.2. The van der Waals surface area contributed by atoms with Gasteiger partial charge in [0.1, 0.15) is 0 Å². The molecule has 0 saturated heterocycles. The Labute approximate surface area is 111 Å². The molecule has 1 rings (SSSR count). The molecule has 90 valence electrons. The molecular formula is C12H19BrN2S. The highest BCUT2D eigenvalue weighted by atomic mass is 79.9. The number of nitrogens with zero attached hydrogens (tertiary/aromatic N) is 1. The molecule has 0 aliphatic carbocycles. The van der Waals surface area contributed by atoms with E-state index in [1.165, 1.54) is 0 Å². The fourth-order valence-corrected chi connectivity index (χ4v) is 2.39. The maximum absolute atomic E-state index is 4.13. The fourth-order valence-electron chi connectivity index (χ4n) is 1.19. The summed E-state index contributed by atoms with van der Waals surface area (Å²) in [7, 11) is 0. The van der Waals surface area contributed by atoms with Gasteiger partial charge in [0.2, 0.25) is 0 Å². The second kappa shape index (κ2) is 5.92. The number of thioether (sulfide) groups is 1. The van der Waals surface area contributed by atoms with Gasteiger partial charge in [-0.25, -0.2) is 0 Å². The van der Waals surface area contributed by atoms with E-state index in [4.69, 9.17) is 0 Å². The average Bonchev–Trinajstić information content (AvgIpc) is 2.14. The normalized spacial score (nSPS) is 13.6. The van der Waals surface area contributed by atoms with Gasteiger partial charge in [0.15, 0.2) is 0 Å². The summed E-state index contributed by atoms with van der Waals surface area (Å²) in [6, 6.07) is 2.49. The van der Waals surface area contributed by atoms with Crippen LogP contribution in [0.4, 0.5) is 5.69 Å². The molecule has 0 aliphatic rings. The second-order valence-electron chi connectivity index (χ2n) is 4.86. The lowest BCUT2D eigenvalue weighted by Gasteiger charge is -2.21. The largest absolute Gasteiger partial charge is 0.380 e. The molecule has 0 radical (unpaired) electrons. The van der Waals surface area contributed by atoms with Crippen molar-refractivity contribution < 1.29 is 0 Å². The van der Waals surface area contributed by atoms with Gasteiger partial charge in [-0.05, 0) is 28.9 Å². The quantitative estimate of drug-likeness (QED) is 0.903. The number of aromatic nitrogens is 1. The van der Waals surface area contributed by atoms with Crippen LogP contribution in [-0.4, -0.2) is 21.5 Å². The Balaban J connectivity index is 2.43. The predicted molar refractivity (Wildman–Crippen MR) is 77.2 cm³/mol. The van der Waals surface area contributed by atoms with Crippen molar-refractivity contribution in [2.45, 2.75) is 38.5 Å². The first-order valence-corrected chi connectivity index (χ1v) is 7.16. The van der Waals surface area contributed by atoms with Crippen molar-refractivity contribution in [1.29, 1.82) is 0 Å². The van der Waals surface area contributed by atoms with Crippen molar-refractivity contribution in [1.82, 2.24) is 4.98 Å². The monoisotopic (exact) mass is 302 g/mol. The third kappa shape index (κ3) is 5.75. The Morgan fingerprint density at radius 3 is 2.69 bits per heavy atom. The van der Waals surface area contributed by atoms with E-state index in [2.05, 4.69) is 53.9 Å². The van der Waals surface area contributed by atoms with E-state index in [-0.39, 0.29) is 0 Å². The molecule has 2 nitrogen and oxygen atoms in total. The van der Waals surface area contributed by atoms with E-state index in [0.717, 1.165) is 15.9 Å². The Hall–Kier alpha value is -0.220. The van der Waals surface area contributed by atoms with Crippen molar-refractivity contribution in [2.75, 3.05) is 11.1 Å². The number of hydrogen-bond donors (Lipinski definition) is 1. The molecule has 0 aliphatic heterocycles. The second-order valence-corrected chi connectivity index (χ2v) is 7.62. The molecule has 4 heteroatoms. The predicted octanol–water partition coefficient (Wildman–Crippen LogP) is 4.18. The first-order valence-electron chi connectivity index (χ1n) is 5.38. The van der Waals surface area contributed by atoms with Gasteiger partial charge >= 0.3 is 0 Å². The Morgan fingerprint density at radius 2 is 2.12 bits per heavy atom. The average molecular weight is 303 g/mol. The fraction of sp³-hybridized carbons (Fsp3) is 0.583. The molecular weight excluding hydrogens is 284 g/mol. The van der Waals surface area contributed by atoms with Crippen LogP contribution in [0.15, 0.2) is 22.9 Å². The number of anilines is 1. The van der Waals surface area contributed by atoms with Crippen LogP contribution in [0.3, 0.4) is 0 Å². The van der Waals surface area contributed by atoms with Gasteiger partial charge in [0.25, 0.3) is 0 Å². The molecule has 16 heavy (non-hydrogen) atoms. The minimum atomic E-state index is 0.325. The lowest BCUT2D eigenvalue weighted by Crippen LogP contribution is -2.21. The Morgan fingerprint density at radius 1 is 1.44 bits per heavy atom. The van der Waals surface area contributed by atoms with E-state index in [0.29, 0.717) is 10.8 Å². The van der Waals surface area contributed by atoms with E-state index in [1.807, 2.05) is 24.0 Å². The zero-order chi connectivity index (χ0) is 12.2. The topological polar surface area (TPSA) is 24.9 Å². The van der Waals surface area contributed by atoms with E-state index in [1.54, 1.807) is 6.20 Å². The standard InChI is InChI=1S/C12H19BrN2S/c1-9(8-16-12(2,3)4)15-11-5-10(13)6-14-7-11/h5-7,9,15H,8H2,1-4H3. The van der Waals surface area contributed by atoms with Crippen molar-refractivity contribution in [3.05, 3.63) is 22.9 Å². The molecule has 0 saturated carbocycles. The van der Waals surface area contributed by atoms with Gasteiger partial charge in [0, 0.05) is 27.2 Å². The van der Waals surface area contributed by atoms with Crippen molar-refractivity contribution in [3.8, 4) is 0 Å². The van der Waals surface area contributed by atoms with Gasteiger partial charge in [-0.1, -0.05) is 20.8 Å². The summed E-state index contributed by atoms with van der Waals surface area (Å²) in [6.07, 6.45) is 3.64. The lowest BCUT2D eigenvalue weighted by molar-refractivity contribution is 0.793. The summed E-state index contributed by atoms with van der Waals surface area (Å²) in [5, 5.41) is 3.44. The van der Waals surface area contributed by atoms with Crippen LogP contribution < -0.4 is 5.32 Å². The first kappa shape index (κ1) is 13.8. The minimum absolute atomic E-state index is 0.325. The summed E-state index contributed by atoms with van der Waals surface area (Å²) in [5.74, 6) is 1.09. The van der Waals surface area contributed by atoms with E-state index in [9.17, 15) is 0 Å². The van der Waals surface area contributed by atoms with Crippen molar-refractivity contribution >= 4 is 33.4 Å². The third-order valence-electron chi connectivity index (χ3n) is 1.88. The number of rotatable bonds is 4. The highest BCUT2D eigenvalue weighted by Gasteiger charge is 2.12. The Kier molecular flexibility index (Phi) is 5.12. The van der Waals surface area contributed by atoms with Crippen molar-refractivity contribution in [3.63, 3.8) is 0 Å². The summed E-state index contributed by atoms with van der Waals surface area (Å²) in [4.78, 5) is 4.13. The number of halogens is 1. The molecule has 0 spiro atoms. The molecule has 1 aromatic rings. The Bertz CT molecular complexity index is 336. The van der Waals surface area contributed by atoms with Crippen LogP contribution in [0.1, 0.15) is 27.7 Å². The SMILES string of the molecule is CC(CSC(C)(C)C)Nc1cncc(Br)c1. The lowest BCUT2D eigenvalue weighted by atomic mass is 10.3. The zero-order valence-corrected chi connectivity index (χ0v) is 12.7. The van der Waals surface area contributed by atoms with Crippen LogP contribution in [0.2, 0.25) is 0 Å². The first-order chi connectivity index (χ1) is 7.37. The number of hydrogen-bond acceptors (Lipinski definition) is 3. The molecule has 1 heterocycles. The van der Waals surface area contributed by atoms with E-state index < -0.39 is 0 Å². The highest BCUT2D eigenvalue weighted by Crippen LogP contribution is 2.24. The van der Waals surface area contributed by atoms with Crippen LogP contribution >= 0.6 is 27.7 Å². The van der Waals surface area contributed by atoms with Gasteiger partial charge in [-0.15, -0.1) is 0 Å². The molecule has 1 N–H and O–H groups in total. The molecule has 0 fully saturated rings. The van der Waals surface area contributed by atoms with Gasteiger partial charge in [-0.2, -0.15) is 11.8 Å². The number of pyridine rings is 1. The van der Waals surface area contributed by atoms with Crippen LogP contribution in [-0.2, 0) is 0 Å².